The molecule has 0 aliphatic rings. The Morgan fingerprint density at radius 3 is 2.74 bits per heavy atom. The first-order valence-corrected chi connectivity index (χ1v) is 7.69. The van der Waals surface area contributed by atoms with Gasteiger partial charge in [-0.25, -0.2) is 4.79 Å². The number of aliphatic hydroxyl groups is 1. The van der Waals surface area contributed by atoms with Crippen LogP contribution in [0.2, 0.25) is 0 Å². The highest BCUT2D eigenvalue weighted by Crippen LogP contribution is 2.15. The minimum Gasteiger partial charge on any atom is -0.460 e. The average molecular weight is 330 g/mol. The quantitative estimate of drug-likeness (QED) is 0.182. The van der Waals surface area contributed by atoms with Crippen LogP contribution < -0.4 is 5.32 Å². The molecule has 0 aromatic rings. The molecule has 0 heterocycles. The summed E-state index contributed by atoms with van der Waals surface area (Å²) in [5, 5.41) is 12.5. The first-order valence-electron chi connectivity index (χ1n) is 6.00. The predicted octanol–water partition coefficient (Wildman–Crippen LogP) is -0.0844. The van der Waals surface area contributed by atoms with Crippen LogP contribution in [0.25, 0.3) is 0 Å². The molecule has 2 atom stereocenters. The molecule has 0 aromatic carbocycles. The number of halogens is 2. The monoisotopic (exact) mass is 329 g/mol. The lowest BCUT2D eigenvalue weighted by molar-refractivity contribution is -0.140. The van der Waals surface area contributed by atoms with Crippen molar-refractivity contribution in [2.45, 2.75) is 29.9 Å². The summed E-state index contributed by atoms with van der Waals surface area (Å²) in [6, 6.07) is 0. The van der Waals surface area contributed by atoms with Crippen LogP contribution in [0.5, 0.6) is 0 Å². The molecule has 0 fully saturated rings. The maximum Gasteiger partial charge on any atom is 0.330 e. The minimum absolute atomic E-state index is 0.0460. The van der Waals surface area contributed by atoms with E-state index in [2.05, 4.69) is 11.9 Å². The van der Waals surface area contributed by atoms with Crippen molar-refractivity contribution in [1.29, 1.82) is 0 Å². The molecule has 2 unspecified atom stereocenters. The van der Waals surface area contributed by atoms with E-state index in [4.69, 9.17) is 32.4 Å². The zero-order chi connectivity index (χ0) is 14.7. The van der Waals surface area contributed by atoms with Crippen LogP contribution in [0.1, 0.15) is 12.8 Å². The summed E-state index contributed by atoms with van der Waals surface area (Å²) >= 11 is 11.5. The number of alkyl halides is 2. The van der Waals surface area contributed by atoms with Gasteiger partial charge in [-0.05, 0) is 19.4 Å². The molecule has 0 saturated heterocycles. The predicted molar refractivity (Wildman–Crippen MR) is 79.6 cm³/mol. The van der Waals surface area contributed by atoms with E-state index in [0.29, 0.717) is 23.6 Å². The number of nitrogens with one attached hydrogen (secondary N) is 1. The molecule has 0 aliphatic carbocycles. The maximum absolute atomic E-state index is 10.8. The molecule has 5 nitrogen and oxygen atoms in total. The molecule has 0 bridgehead atoms. The molecule has 0 radical (unpaired) electrons. The van der Waals surface area contributed by atoms with Gasteiger partial charge in [0.15, 0.2) is 0 Å². The van der Waals surface area contributed by atoms with Gasteiger partial charge in [0.25, 0.3) is 0 Å². The minimum atomic E-state index is -0.733. The van der Waals surface area contributed by atoms with E-state index in [1.54, 1.807) is 0 Å². The van der Waals surface area contributed by atoms with E-state index >= 15 is 0 Å². The lowest BCUT2D eigenvalue weighted by Crippen LogP contribution is -2.32. The first kappa shape index (κ1) is 18.9. The molecule has 0 amide bonds. The van der Waals surface area contributed by atoms with Crippen LogP contribution in [0, 0.1) is 0 Å². The van der Waals surface area contributed by atoms with Crippen molar-refractivity contribution >= 4 is 39.7 Å². The fraction of sp³-hybridized carbons (Fsp3) is 0.727. The van der Waals surface area contributed by atoms with Crippen molar-refractivity contribution < 1.29 is 19.1 Å². The molecule has 0 saturated carbocycles. The van der Waals surface area contributed by atoms with Gasteiger partial charge >= 0.3 is 5.97 Å². The number of ether oxygens (including phenoxy) is 1. The van der Waals surface area contributed by atoms with Gasteiger partial charge in [0.2, 0.25) is 0 Å². The van der Waals surface area contributed by atoms with E-state index < -0.39 is 16.9 Å². The topological polar surface area (TPSA) is 67.8 Å². The summed E-state index contributed by atoms with van der Waals surface area (Å²) in [5.41, 5.74) is 0. The second kappa shape index (κ2) is 11.7. The Hall–Kier alpha value is -0.113. The molecule has 2 N–H and O–H groups in total. The third kappa shape index (κ3) is 10.3. The fourth-order valence-electron chi connectivity index (χ4n) is 1.34. The van der Waals surface area contributed by atoms with Crippen molar-refractivity contribution in [2.75, 3.05) is 19.7 Å². The molecule has 8 heteroatoms. The van der Waals surface area contributed by atoms with Crippen molar-refractivity contribution in [3.8, 4) is 0 Å². The fourth-order valence-corrected chi connectivity index (χ4v) is 2.65. The van der Waals surface area contributed by atoms with Gasteiger partial charge in [0, 0.05) is 12.6 Å². The molecule has 19 heavy (non-hydrogen) atoms. The Morgan fingerprint density at radius 1 is 1.53 bits per heavy atom. The van der Waals surface area contributed by atoms with Gasteiger partial charge in [-0.1, -0.05) is 6.58 Å². The number of hydrogen-bond donors (Lipinski definition) is 2. The van der Waals surface area contributed by atoms with Gasteiger partial charge in [0.05, 0.1) is 6.10 Å². The summed E-state index contributed by atoms with van der Waals surface area (Å²) in [7, 11) is 0.599. The number of carbonyl (C=O) groups is 1. The Kier molecular flexibility index (Phi) is 11.6. The van der Waals surface area contributed by atoms with E-state index in [-0.39, 0.29) is 12.7 Å². The summed E-state index contributed by atoms with van der Waals surface area (Å²) in [6.45, 7) is 4.27. The number of esters is 1. The highest BCUT2D eigenvalue weighted by molar-refractivity contribution is 6.44. The lowest BCUT2D eigenvalue weighted by atomic mass is 10.2. The van der Waals surface area contributed by atoms with Gasteiger partial charge in [-0.2, -0.15) is 0 Å². The third-order valence-corrected chi connectivity index (χ3v) is 3.56. The number of carbonyl (C=O) groups excluding carboxylic acids is 1. The van der Waals surface area contributed by atoms with Crippen molar-refractivity contribution in [1.82, 2.24) is 5.32 Å². The number of aliphatic hydroxyl groups excluding tert-OH is 1. The van der Waals surface area contributed by atoms with Gasteiger partial charge in [-0.15, -0.1) is 23.2 Å². The average Bonchev–Trinajstić information content (AvgIpc) is 2.39. The summed E-state index contributed by atoms with van der Waals surface area (Å²) in [6.07, 6.45) is 1.79. The normalized spacial score (nSPS) is 14.3. The Labute approximate surface area is 126 Å². The zero-order valence-corrected chi connectivity index (χ0v) is 14.5. The highest BCUT2D eigenvalue weighted by atomic mass is 35.5. The Bertz CT molecular complexity index is 269. The molecular weight excluding hydrogens is 309 g/mol. The van der Waals surface area contributed by atoms with E-state index in [9.17, 15) is 9.90 Å². The summed E-state index contributed by atoms with van der Waals surface area (Å²) in [4.78, 5) is 10.2. The van der Waals surface area contributed by atoms with Gasteiger partial charge < -0.3 is 19.6 Å². The van der Waals surface area contributed by atoms with E-state index in [0.717, 1.165) is 18.9 Å². The van der Waals surface area contributed by atoms with Crippen LogP contribution >= 0.6 is 23.2 Å². The highest BCUT2D eigenvalue weighted by Gasteiger charge is 2.14. The van der Waals surface area contributed by atoms with Crippen molar-refractivity contribution in [2.24, 2.45) is 0 Å². The number of rotatable bonds is 11. The summed E-state index contributed by atoms with van der Waals surface area (Å²) in [5.74, 6) is -0.540. The number of hydrogen-bond acceptors (Lipinski definition) is 5. The largest absolute Gasteiger partial charge is 0.460 e. The van der Waals surface area contributed by atoms with Crippen LogP contribution in [-0.2, 0) is 14.0 Å². The SMILES string of the molecule is C=CC(=O)OCC(O)CNCCCC(O[SiH3])C(Cl)Cl. The van der Waals surface area contributed by atoms with Crippen LogP contribution in [0.4, 0.5) is 0 Å². The molecule has 0 aromatic heterocycles. The standard InChI is InChI=1S/C11H21Cl2NO4Si/c1-2-10(16)17-7-8(15)6-14-5-3-4-9(18-19)11(12)13/h2,8-9,11,14-15H,1,3-7H2,19H3. The summed E-state index contributed by atoms with van der Waals surface area (Å²) < 4.78 is 9.95. The van der Waals surface area contributed by atoms with Crippen molar-refractivity contribution in [3.63, 3.8) is 0 Å². The second-order valence-corrected chi connectivity index (χ2v) is 5.58. The molecule has 112 valence electrons. The Morgan fingerprint density at radius 2 is 2.21 bits per heavy atom. The Balaban J connectivity index is 3.52. The van der Waals surface area contributed by atoms with Crippen molar-refractivity contribution in [3.05, 3.63) is 12.7 Å². The first-order chi connectivity index (χ1) is 9.01. The van der Waals surface area contributed by atoms with E-state index in [1.165, 1.54) is 0 Å². The lowest BCUT2D eigenvalue weighted by Gasteiger charge is -2.17. The van der Waals surface area contributed by atoms with Gasteiger partial charge in [-0.3, -0.25) is 0 Å². The third-order valence-electron chi connectivity index (χ3n) is 2.39. The molecule has 0 spiro atoms. The van der Waals surface area contributed by atoms with Crippen LogP contribution in [-0.4, -0.2) is 58.3 Å². The van der Waals surface area contributed by atoms with E-state index in [1.807, 2.05) is 0 Å². The van der Waals surface area contributed by atoms with Crippen LogP contribution in [0.3, 0.4) is 0 Å². The molecule has 0 rings (SSSR count). The second-order valence-electron chi connectivity index (χ2n) is 3.94. The van der Waals surface area contributed by atoms with Gasteiger partial charge in [0.1, 0.15) is 28.0 Å². The maximum atomic E-state index is 10.8. The smallest absolute Gasteiger partial charge is 0.330 e. The zero-order valence-electron chi connectivity index (χ0n) is 11.0. The molecular formula is C11H21Cl2NO4Si. The van der Waals surface area contributed by atoms with Crippen LogP contribution in [0.15, 0.2) is 12.7 Å². The molecule has 0 aliphatic heterocycles.